The number of ether oxygens (including phenoxy) is 1. The first-order chi connectivity index (χ1) is 17.9. The molecular formula is C29H35N5O3. The van der Waals surface area contributed by atoms with E-state index in [1.165, 1.54) is 0 Å². The largest absolute Gasteiger partial charge is 0.491 e. The number of H-pyrrole nitrogens is 1. The second kappa shape index (κ2) is 9.39. The molecule has 3 aliphatic heterocycles. The van der Waals surface area contributed by atoms with E-state index in [1.54, 1.807) is 0 Å². The van der Waals surface area contributed by atoms with E-state index in [0.717, 1.165) is 65.0 Å². The standard InChI is InChI=1S/C29H35N5O3/c1-3-23-16-29(17-27(35)32-23)8-10-33(11-9-29)28(36)34-12-13-37-26-7-5-20(14-22(26)18-34)21-4-6-24-25(15-21)31-19(2)30-24/h4-7,14-15,23H,3,8-13,16-18H2,1-2H3,(H,30,31)(H,32,35). The van der Waals surface area contributed by atoms with Crippen LogP contribution in [-0.4, -0.2) is 64.0 Å². The first kappa shape index (κ1) is 23.8. The van der Waals surface area contributed by atoms with Crippen molar-refractivity contribution in [3.8, 4) is 16.9 Å². The van der Waals surface area contributed by atoms with Crippen LogP contribution in [0.3, 0.4) is 0 Å². The number of urea groups is 1. The number of carbonyl (C=O) groups excluding carboxylic acids is 2. The van der Waals surface area contributed by atoms with Gasteiger partial charge in [0.15, 0.2) is 0 Å². The van der Waals surface area contributed by atoms with Crippen molar-refractivity contribution in [1.29, 1.82) is 0 Å². The molecule has 3 aliphatic rings. The van der Waals surface area contributed by atoms with E-state index in [-0.39, 0.29) is 23.4 Å². The summed E-state index contributed by atoms with van der Waals surface area (Å²) in [4.78, 5) is 37.6. The molecule has 1 aromatic heterocycles. The van der Waals surface area contributed by atoms with Gasteiger partial charge in [-0.15, -0.1) is 0 Å². The molecule has 1 spiro atoms. The van der Waals surface area contributed by atoms with Crippen molar-refractivity contribution in [3.05, 3.63) is 47.8 Å². The van der Waals surface area contributed by atoms with Crippen LogP contribution in [-0.2, 0) is 11.3 Å². The second-order valence-electron chi connectivity index (χ2n) is 11.0. The van der Waals surface area contributed by atoms with Gasteiger partial charge >= 0.3 is 6.03 Å². The zero-order chi connectivity index (χ0) is 25.6. The van der Waals surface area contributed by atoms with E-state index in [4.69, 9.17) is 4.74 Å². The number of benzene rings is 2. The maximum Gasteiger partial charge on any atom is 0.320 e. The number of hydrogen-bond donors (Lipinski definition) is 2. The summed E-state index contributed by atoms with van der Waals surface area (Å²) in [6, 6.07) is 12.8. The molecular weight excluding hydrogens is 466 g/mol. The number of fused-ring (bicyclic) bond motifs is 2. The topological polar surface area (TPSA) is 90.6 Å². The van der Waals surface area contributed by atoms with Crippen molar-refractivity contribution in [1.82, 2.24) is 25.1 Å². The predicted molar refractivity (Wildman–Crippen MR) is 142 cm³/mol. The minimum Gasteiger partial charge on any atom is -0.491 e. The number of likely N-dealkylation sites (tertiary alicyclic amines) is 1. The quantitative estimate of drug-likeness (QED) is 0.536. The Bertz CT molecular complexity index is 1340. The summed E-state index contributed by atoms with van der Waals surface area (Å²) in [5, 5.41) is 3.12. The van der Waals surface area contributed by atoms with Gasteiger partial charge in [-0.1, -0.05) is 19.1 Å². The third-order valence-corrected chi connectivity index (χ3v) is 8.41. The first-order valence-electron chi connectivity index (χ1n) is 13.5. The van der Waals surface area contributed by atoms with Crippen LogP contribution in [0, 0.1) is 12.3 Å². The van der Waals surface area contributed by atoms with Gasteiger partial charge in [0.2, 0.25) is 5.91 Å². The molecule has 0 saturated carbocycles. The smallest absolute Gasteiger partial charge is 0.320 e. The lowest BCUT2D eigenvalue weighted by molar-refractivity contribution is -0.128. The SMILES string of the molecule is CCC1CC2(CCN(C(=O)N3CCOc4ccc(-c5ccc6nc(C)[nH]c6c5)cc4C3)CC2)CC(=O)N1. The predicted octanol–water partition coefficient (Wildman–Crippen LogP) is 4.62. The number of rotatable bonds is 2. The summed E-state index contributed by atoms with van der Waals surface area (Å²) in [6.45, 7) is 7.06. The molecule has 0 bridgehead atoms. The van der Waals surface area contributed by atoms with Gasteiger partial charge in [-0.25, -0.2) is 9.78 Å². The van der Waals surface area contributed by atoms with Crippen LogP contribution < -0.4 is 10.1 Å². The fourth-order valence-corrected chi connectivity index (χ4v) is 6.32. The van der Waals surface area contributed by atoms with E-state index >= 15 is 0 Å². The van der Waals surface area contributed by atoms with Gasteiger partial charge in [-0.2, -0.15) is 0 Å². The highest BCUT2D eigenvalue weighted by molar-refractivity contribution is 5.82. The normalized spacial score (nSPS) is 21.4. The second-order valence-corrected chi connectivity index (χ2v) is 11.0. The minimum atomic E-state index is 0.0392. The fraction of sp³-hybridized carbons (Fsp3) is 0.483. The fourth-order valence-electron chi connectivity index (χ4n) is 6.32. The average molecular weight is 502 g/mol. The van der Waals surface area contributed by atoms with Gasteiger partial charge in [-0.3, -0.25) is 4.79 Å². The molecule has 1 atom stereocenters. The Morgan fingerprint density at radius 3 is 2.70 bits per heavy atom. The Morgan fingerprint density at radius 2 is 1.89 bits per heavy atom. The number of amides is 3. The maximum absolute atomic E-state index is 13.6. The molecule has 2 aromatic carbocycles. The van der Waals surface area contributed by atoms with Crippen molar-refractivity contribution in [2.45, 2.75) is 58.5 Å². The number of imidazole rings is 1. The lowest BCUT2D eigenvalue weighted by Crippen LogP contribution is -2.54. The highest BCUT2D eigenvalue weighted by atomic mass is 16.5. The van der Waals surface area contributed by atoms with E-state index in [0.29, 0.717) is 39.2 Å². The van der Waals surface area contributed by atoms with Crippen molar-refractivity contribution >= 4 is 23.0 Å². The molecule has 4 heterocycles. The lowest BCUT2D eigenvalue weighted by Gasteiger charge is -2.46. The molecule has 6 rings (SSSR count). The Hall–Kier alpha value is -3.55. The summed E-state index contributed by atoms with van der Waals surface area (Å²) in [7, 11) is 0. The van der Waals surface area contributed by atoms with Gasteiger partial charge in [0.05, 0.1) is 24.1 Å². The van der Waals surface area contributed by atoms with Crippen LogP contribution >= 0.6 is 0 Å². The van der Waals surface area contributed by atoms with Crippen molar-refractivity contribution in [3.63, 3.8) is 0 Å². The van der Waals surface area contributed by atoms with Gasteiger partial charge in [-0.05, 0) is 73.4 Å². The summed E-state index contributed by atoms with van der Waals surface area (Å²) < 4.78 is 6.03. The first-order valence-corrected chi connectivity index (χ1v) is 13.5. The van der Waals surface area contributed by atoms with Crippen LogP contribution in [0.5, 0.6) is 5.75 Å². The van der Waals surface area contributed by atoms with E-state index in [1.807, 2.05) is 28.9 Å². The Balaban J connectivity index is 1.17. The number of piperidine rings is 2. The molecule has 2 N–H and O–H groups in total. The minimum absolute atomic E-state index is 0.0392. The number of aromatic nitrogens is 2. The third kappa shape index (κ3) is 4.65. The summed E-state index contributed by atoms with van der Waals surface area (Å²) in [5.74, 6) is 1.91. The molecule has 0 aliphatic carbocycles. The summed E-state index contributed by atoms with van der Waals surface area (Å²) >= 11 is 0. The van der Waals surface area contributed by atoms with Crippen LogP contribution in [0.25, 0.3) is 22.2 Å². The molecule has 1 unspecified atom stereocenters. The number of carbonyl (C=O) groups is 2. The van der Waals surface area contributed by atoms with E-state index < -0.39 is 0 Å². The Kier molecular flexibility index (Phi) is 6.05. The number of aromatic amines is 1. The van der Waals surface area contributed by atoms with E-state index in [2.05, 4.69) is 46.5 Å². The molecule has 8 heteroatoms. The van der Waals surface area contributed by atoms with Crippen LogP contribution in [0.15, 0.2) is 36.4 Å². The van der Waals surface area contributed by atoms with Crippen LogP contribution in [0.1, 0.15) is 50.4 Å². The number of hydrogen-bond acceptors (Lipinski definition) is 4. The zero-order valence-corrected chi connectivity index (χ0v) is 21.7. The molecule has 0 radical (unpaired) electrons. The van der Waals surface area contributed by atoms with Crippen molar-refractivity contribution in [2.75, 3.05) is 26.2 Å². The van der Waals surface area contributed by atoms with Gasteiger partial charge in [0.25, 0.3) is 0 Å². The molecule has 37 heavy (non-hydrogen) atoms. The zero-order valence-electron chi connectivity index (χ0n) is 21.7. The van der Waals surface area contributed by atoms with Gasteiger partial charge in [0.1, 0.15) is 18.2 Å². The third-order valence-electron chi connectivity index (χ3n) is 8.41. The highest BCUT2D eigenvalue weighted by Crippen LogP contribution is 2.42. The molecule has 2 saturated heterocycles. The van der Waals surface area contributed by atoms with Crippen LogP contribution in [0.2, 0.25) is 0 Å². The highest BCUT2D eigenvalue weighted by Gasteiger charge is 2.43. The van der Waals surface area contributed by atoms with Gasteiger partial charge in [0, 0.05) is 31.1 Å². The van der Waals surface area contributed by atoms with Crippen molar-refractivity contribution < 1.29 is 14.3 Å². The number of aryl methyl sites for hydroxylation is 1. The van der Waals surface area contributed by atoms with Gasteiger partial charge < -0.3 is 24.8 Å². The Morgan fingerprint density at radius 1 is 1.11 bits per heavy atom. The monoisotopic (exact) mass is 501 g/mol. The molecule has 8 nitrogen and oxygen atoms in total. The van der Waals surface area contributed by atoms with E-state index in [9.17, 15) is 9.59 Å². The molecule has 2 fully saturated rings. The van der Waals surface area contributed by atoms with Crippen molar-refractivity contribution in [2.24, 2.45) is 5.41 Å². The summed E-state index contributed by atoms with van der Waals surface area (Å²) in [5.41, 5.74) is 5.22. The average Bonchev–Trinajstić information content (AvgIpc) is 3.13. The molecule has 194 valence electrons. The number of nitrogens with one attached hydrogen (secondary N) is 2. The molecule has 3 aromatic rings. The Labute approximate surface area is 217 Å². The van der Waals surface area contributed by atoms with Crippen LogP contribution in [0.4, 0.5) is 4.79 Å². The lowest BCUT2D eigenvalue weighted by atomic mass is 9.69. The summed E-state index contributed by atoms with van der Waals surface area (Å²) in [6.07, 6.45) is 4.35. The maximum atomic E-state index is 13.6. The molecule has 3 amide bonds. The number of nitrogens with zero attached hydrogens (tertiary/aromatic N) is 3.